The van der Waals surface area contributed by atoms with Gasteiger partial charge in [0.05, 0.1) is 5.69 Å². The first-order chi connectivity index (χ1) is 15.2. The van der Waals surface area contributed by atoms with Crippen LogP contribution >= 0.6 is 0 Å². The van der Waals surface area contributed by atoms with Gasteiger partial charge in [-0.15, -0.1) is 0 Å². The van der Waals surface area contributed by atoms with Crippen LogP contribution in [0.2, 0.25) is 0 Å². The lowest BCUT2D eigenvalue weighted by Gasteiger charge is -2.03. The van der Waals surface area contributed by atoms with Crippen molar-refractivity contribution in [2.24, 2.45) is 0 Å². The van der Waals surface area contributed by atoms with Gasteiger partial charge < -0.3 is 9.67 Å². The van der Waals surface area contributed by atoms with Gasteiger partial charge in [0.25, 0.3) is 0 Å². The average molecular weight is 427 g/mol. The number of carboxylic acid groups (broad SMARTS) is 1. The van der Waals surface area contributed by atoms with Gasteiger partial charge >= 0.3 is 5.97 Å². The van der Waals surface area contributed by atoms with Crippen LogP contribution < -0.4 is 0 Å². The zero-order chi connectivity index (χ0) is 22.2. The van der Waals surface area contributed by atoms with Crippen LogP contribution in [0.15, 0.2) is 36.5 Å². The number of imidazole rings is 1. The van der Waals surface area contributed by atoms with Crippen LogP contribution in [0, 0.1) is 6.92 Å². The molecule has 2 aromatic rings. The van der Waals surface area contributed by atoms with Crippen molar-refractivity contribution < 1.29 is 9.90 Å². The number of rotatable bonds is 18. The molecule has 0 amide bonds. The Labute approximate surface area is 189 Å². The zero-order valence-corrected chi connectivity index (χ0v) is 19.5. The van der Waals surface area contributed by atoms with Gasteiger partial charge in [-0.1, -0.05) is 95.2 Å². The number of carboxylic acids is 1. The lowest BCUT2D eigenvalue weighted by atomic mass is 10.0. The fourth-order valence-corrected chi connectivity index (χ4v) is 4.21. The molecule has 0 saturated heterocycles. The van der Waals surface area contributed by atoms with E-state index in [0.29, 0.717) is 6.42 Å². The molecule has 1 aromatic heterocycles. The summed E-state index contributed by atoms with van der Waals surface area (Å²) in [6, 6.07) is 10.4. The first-order valence-electron chi connectivity index (χ1n) is 12.5. The molecule has 0 aliphatic carbocycles. The molecule has 0 fully saturated rings. The number of carbonyl (C=O) groups is 1. The number of aliphatic carboxylic acids is 1. The summed E-state index contributed by atoms with van der Waals surface area (Å²) < 4.78 is 2.19. The topological polar surface area (TPSA) is 55.1 Å². The molecular weight excluding hydrogens is 384 g/mol. The molecule has 2 rings (SSSR count). The molecule has 0 saturated carbocycles. The first-order valence-corrected chi connectivity index (χ1v) is 12.5. The first kappa shape index (κ1) is 25.2. The minimum atomic E-state index is -0.661. The summed E-state index contributed by atoms with van der Waals surface area (Å²) in [5, 5.41) is 8.61. The number of aromatic nitrogens is 2. The predicted octanol–water partition coefficient (Wildman–Crippen LogP) is 7.66. The number of unbranched alkanes of at least 4 members (excludes halogenated alkanes) is 13. The summed E-state index contributed by atoms with van der Waals surface area (Å²) >= 11 is 0. The van der Waals surface area contributed by atoms with Gasteiger partial charge in [-0.25, -0.2) is 4.98 Å². The molecular formula is C27H42N2O2. The summed E-state index contributed by atoms with van der Waals surface area (Å²) in [5.74, 6) is 0.407. The Hall–Kier alpha value is -2.10. The van der Waals surface area contributed by atoms with Crippen molar-refractivity contribution >= 4 is 5.97 Å². The van der Waals surface area contributed by atoms with Crippen molar-refractivity contribution in [3.8, 4) is 5.69 Å². The molecule has 0 bridgehead atoms. The summed E-state index contributed by atoms with van der Waals surface area (Å²) in [4.78, 5) is 15.2. The molecule has 0 spiro atoms. The van der Waals surface area contributed by atoms with Crippen LogP contribution in [0.25, 0.3) is 5.69 Å². The Morgan fingerprint density at radius 3 is 1.77 bits per heavy atom. The molecule has 172 valence electrons. The van der Waals surface area contributed by atoms with E-state index < -0.39 is 5.97 Å². The molecule has 0 aliphatic rings. The number of aryl methyl sites for hydroxylation is 2. The third-order valence-electron chi connectivity index (χ3n) is 6.04. The SMILES string of the molecule is Cc1nc(CCCCCCCCCCCCCCCCC(=O)O)cn1-c1ccccc1. The van der Waals surface area contributed by atoms with Gasteiger partial charge in [0.15, 0.2) is 0 Å². The van der Waals surface area contributed by atoms with Gasteiger partial charge in [0, 0.05) is 18.3 Å². The molecule has 1 N–H and O–H groups in total. The summed E-state index contributed by atoms with van der Waals surface area (Å²) in [5.41, 5.74) is 2.40. The molecule has 31 heavy (non-hydrogen) atoms. The maximum Gasteiger partial charge on any atom is 0.303 e. The van der Waals surface area contributed by atoms with Crippen LogP contribution in [0.3, 0.4) is 0 Å². The smallest absolute Gasteiger partial charge is 0.303 e. The Morgan fingerprint density at radius 2 is 1.26 bits per heavy atom. The largest absolute Gasteiger partial charge is 0.481 e. The molecule has 0 radical (unpaired) electrons. The van der Waals surface area contributed by atoms with Crippen LogP contribution in [-0.2, 0) is 11.2 Å². The van der Waals surface area contributed by atoms with Gasteiger partial charge in [0.2, 0.25) is 0 Å². The molecule has 0 aliphatic heterocycles. The quantitative estimate of drug-likeness (QED) is 0.249. The minimum absolute atomic E-state index is 0.332. The number of para-hydroxylation sites is 1. The standard InChI is InChI=1S/C27H42N2O2/c1-24-28-25(23-29(24)26-20-16-14-17-21-26)19-15-12-10-8-6-4-2-3-5-7-9-11-13-18-22-27(30)31/h14,16-17,20-21,23H,2-13,15,18-19,22H2,1H3,(H,30,31). The molecule has 0 atom stereocenters. The van der Waals surface area contributed by atoms with E-state index in [4.69, 9.17) is 10.1 Å². The summed E-state index contributed by atoms with van der Waals surface area (Å²) in [6.07, 6.45) is 21.3. The number of nitrogens with zero attached hydrogens (tertiary/aromatic N) is 2. The molecule has 1 aromatic carbocycles. The van der Waals surface area contributed by atoms with Gasteiger partial charge in [-0.3, -0.25) is 4.79 Å². The number of hydrogen-bond acceptors (Lipinski definition) is 2. The Kier molecular flexibility index (Phi) is 12.7. The van der Waals surface area contributed by atoms with E-state index in [-0.39, 0.29) is 0 Å². The highest BCUT2D eigenvalue weighted by molar-refractivity contribution is 5.66. The second-order valence-electron chi connectivity index (χ2n) is 8.83. The third kappa shape index (κ3) is 11.2. The Morgan fingerprint density at radius 1 is 0.774 bits per heavy atom. The zero-order valence-electron chi connectivity index (χ0n) is 19.5. The monoisotopic (exact) mass is 426 g/mol. The summed E-state index contributed by atoms with van der Waals surface area (Å²) in [6.45, 7) is 2.08. The van der Waals surface area contributed by atoms with E-state index in [1.807, 2.05) is 6.07 Å². The van der Waals surface area contributed by atoms with Gasteiger partial charge in [-0.05, 0) is 38.3 Å². The number of hydrogen-bond donors (Lipinski definition) is 1. The van der Waals surface area contributed by atoms with Crippen LogP contribution in [0.5, 0.6) is 0 Å². The van der Waals surface area contributed by atoms with Crippen molar-refractivity contribution in [1.82, 2.24) is 9.55 Å². The van der Waals surface area contributed by atoms with E-state index in [0.717, 1.165) is 25.1 Å². The second-order valence-corrected chi connectivity index (χ2v) is 8.83. The third-order valence-corrected chi connectivity index (χ3v) is 6.04. The van der Waals surface area contributed by atoms with E-state index in [1.54, 1.807) is 0 Å². The van der Waals surface area contributed by atoms with Gasteiger partial charge in [-0.2, -0.15) is 0 Å². The Balaban J connectivity index is 1.38. The normalized spacial score (nSPS) is 11.1. The highest BCUT2D eigenvalue weighted by Gasteiger charge is 2.05. The van der Waals surface area contributed by atoms with Crippen molar-refractivity contribution in [2.75, 3.05) is 0 Å². The van der Waals surface area contributed by atoms with E-state index >= 15 is 0 Å². The molecule has 4 nitrogen and oxygen atoms in total. The summed E-state index contributed by atoms with van der Waals surface area (Å²) in [7, 11) is 0. The van der Waals surface area contributed by atoms with Gasteiger partial charge in [0.1, 0.15) is 5.82 Å². The van der Waals surface area contributed by atoms with Crippen molar-refractivity contribution in [3.05, 3.63) is 48.0 Å². The molecule has 4 heteroatoms. The van der Waals surface area contributed by atoms with Crippen molar-refractivity contribution in [2.45, 2.75) is 110 Å². The van der Waals surface area contributed by atoms with Crippen LogP contribution in [-0.4, -0.2) is 20.6 Å². The van der Waals surface area contributed by atoms with E-state index in [2.05, 4.69) is 42.0 Å². The second kappa shape index (κ2) is 15.7. The van der Waals surface area contributed by atoms with Crippen LogP contribution in [0.4, 0.5) is 0 Å². The molecule has 0 unspecified atom stereocenters. The fraction of sp³-hybridized carbons (Fsp3) is 0.630. The number of benzene rings is 1. The maximum absolute atomic E-state index is 10.4. The Bertz CT molecular complexity index is 724. The lowest BCUT2D eigenvalue weighted by molar-refractivity contribution is -0.137. The van der Waals surface area contributed by atoms with Crippen LogP contribution in [0.1, 0.15) is 108 Å². The van der Waals surface area contributed by atoms with E-state index in [1.165, 1.54) is 88.4 Å². The van der Waals surface area contributed by atoms with Crippen molar-refractivity contribution in [3.63, 3.8) is 0 Å². The fourth-order valence-electron chi connectivity index (χ4n) is 4.21. The predicted molar refractivity (Wildman–Crippen MR) is 129 cm³/mol. The average Bonchev–Trinajstić information content (AvgIpc) is 3.14. The highest BCUT2D eigenvalue weighted by atomic mass is 16.4. The lowest BCUT2D eigenvalue weighted by Crippen LogP contribution is -1.93. The minimum Gasteiger partial charge on any atom is -0.481 e. The van der Waals surface area contributed by atoms with Crippen molar-refractivity contribution in [1.29, 1.82) is 0 Å². The highest BCUT2D eigenvalue weighted by Crippen LogP contribution is 2.16. The molecule has 1 heterocycles. The maximum atomic E-state index is 10.4. The van der Waals surface area contributed by atoms with E-state index in [9.17, 15) is 4.79 Å².